The van der Waals surface area contributed by atoms with E-state index in [2.05, 4.69) is 28.3 Å². The molecule has 7 heteroatoms. The first-order valence-corrected chi connectivity index (χ1v) is 8.69. The summed E-state index contributed by atoms with van der Waals surface area (Å²) in [5, 5.41) is 9.30. The number of nitrogens with zero attached hydrogens (tertiary/aromatic N) is 3. The number of anilines is 1. The number of nitrogens with one attached hydrogen (secondary N) is 1. The smallest absolute Gasteiger partial charge is 0.239 e. The molecule has 2 aromatic rings. The highest BCUT2D eigenvalue weighted by Crippen LogP contribution is 2.15. The van der Waals surface area contributed by atoms with Gasteiger partial charge in [0.2, 0.25) is 5.91 Å². The standard InChI is InChI=1S/C16H22N4O2S/c1-12-11-22-13(2)8-19(12)10-16(21)18-15-5-6-17-20(15)9-14-4-3-7-23-14/h3-7,12-13H,8-11H2,1-2H3,(H,18,21)/t12-,13+/m0/s1. The number of amides is 1. The van der Waals surface area contributed by atoms with Crippen LogP contribution in [0.3, 0.4) is 0 Å². The van der Waals surface area contributed by atoms with Crippen molar-refractivity contribution in [2.75, 3.05) is 25.0 Å². The van der Waals surface area contributed by atoms with Crippen LogP contribution in [0.4, 0.5) is 5.82 Å². The molecule has 1 aliphatic rings. The second kappa shape index (κ2) is 7.25. The van der Waals surface area contributed by atoms with Gasteiger partial charge in [-0.25, -0.2) is 4.68 Å². The molecule has 0 unspecified atom stereocenters. The SMILES string of the molecule is C[C@@H]1CN(CC(=O)Nc2ccnn2Cc2cccs2)[C@@H](C)CO1. The number of ether oxygens (including phenoxy) is 1. The summed E-state index contributed by atoms with van der Waals surface area (Å²) in [5.74, 6) is 0.719. The summed E-state index contributed by atoms with van der Waals surface area (Å²) in [7, 11) is 0. The summed E-state index contributed by atoms with van der Waals surface area (Å²) in [6.45, 7) is 6.62. The van der Waals surface area contributed by atoms with Crippen LogP contribution in [0.5, 0.6) is 0 Å². The molecule has 1 N–H and O–H groups in total. The van der Waals surface area contributed by atoms with Crippen molar-refractivity contribution in [3.05, 3.63) is 34.7 Å². The lowest BCUT2D eigenvalue weighted by Crippen LogP contribution is -2.50. The van der Waals surface area contributed by atoms with Crippen molar-refractivity contribution in [2.24, 2.45) is 0 Å². The van der Waals surface area contributed by atoms with E-state index in [0.29, 0.717) is 19.7 Å². The Morgan fingerprint density at radius 3 is 3.13 bits per heavy atom. The molecule has 0 bridgehead atoms. The molecule has 0 aliphatic carbocycles. The Balaban J connectivity index is 1.59. The van der Waals surface area contributed by atoms with Crippen LogP contribution in [0.1, 0.15) is 18.7 Å². The summed E-state index contributed by atoms with van der Waals surface area (Å²) in [6, 6.07) is 6.17. The van der Waals surface area contributed by atoms with Crippen molar-refractivity contribution in [1.29, 1.82) is 0 Å². The summed E-state index contributed by atoms with van der Waals surface area (Å²) in [4.78, 5) is 15.7. The van der Waals surface area contributed by atoms with Gasteiger partial charge in [-0.1, -0.05) is 6.07 Å². The summed E-state index contributed by atoms with van der Waals surface area (Å²) in [5.41, 5.74) is 0. The minimum absolute atomic E-state index is 0.0149. The number of hydrogen-bond donors (Lipinski definition) is 1. The lowest BCUT2D eigenvalue weighted by Gasteiger charge is -2.36. The maximum atomic E-state index is 12.4. The van der Waals surface area contributed by atoms with Crippen LogP contribution in [0.2, 0.25) is 0 Å². The van der Waals surface area contributed by atoms with Gasteiger partial charge in [-0.3, -0.25) is 9.69 Å². The second-order valence-electron chi connectivity index (χ2n) is 5.92. The first kappa shape index (κ1) is 16.2. The fourth-order valence-corrected chi connectivity index (χ4v) is 3.36. The van der Waals surface area contributed by atoms with E-state index in [4.69, 9.17) is 4.74 Å². The monoisotopic (exact) mass is 334 g/mol. The van der Waals surface area contributed by atoms with Crippen LogP contribution in [0.15, 0.2) is 29.8 Å². The van der Waals surface area contributed by atoms with Crippen molar-refractivity contribution in [2.45, 2.75) is 32.5 Å². The minimum Gasteiger partial charge on any atom is -0.376 e. The van der Waals surface area contributed by atoms with Crippen LogP contribution >= 0.6 is 11.3 Å². The highest BCUT2D eigenvalue weighted by atomic mass is 32.1. The fraction of sp³-hybridized carbons (Fsp3) is 0.500. The topological polar surface area (TPSA) is 59.4 Å². The zero-order valence-corrected chi connectivity index (χ0v) is 14.3. The molecule has 6 nitrogen and oxygen atoms in total. The van der Waals surface area contributed by atoms with Gasteiger partial charge in [0.25, 0.3) is 0 Å². The molecule has 2 aromatic heterocycles. The minimum atomic E-state index is -0.0149. The Labute approximate surface area is 140 Å². The van der Waals surface area contributed by atoms with Gasteiger partial charge in [-0.15, -0.1) is 11.3 Å². The van der Waals surface area contributed by atoms with Gasteiger partial charge < -0.3 is 10.1 Å². The van der Waals surface area contributed by atoms with Gasteiger partial charge in [0.05, 0.1) is 32.0 Å². The zero-order valence-electron chi connectivity index (χ0n) is 13.4. The summed E-state index contributed by atoms with van der Waals surface area (Å²) < 4.78 is 7.41. The van der Waals surface area contributed by atoms with Crippen LogP contribution in [0, 0.1) is 0 Å². The summed E-state index contributed by atoms with van der Waals surface area (Å²) in [6.07, 6.45) is 1.88. The average Bonchev–Trinajstić information content (AvgIpc) is 3.16. The molecule has 23 heavy (non-hydrogen) atoms. The fourth-order valence-electron chi connectivity index (χ4n) is 2.67. The molecule has 0 aromatic carbocycles. The number of aromatic nitrogens is 2. The normalized spacial score (nSPS) is 22.2. The van der Waals surface area contributed by atoms with Crippen molar-refractivity contribution in [3.63, 3.8) is 0 Å². The number of carbonyl (C=O) groups is 1. The Morgan fingerprint density at radius 2 is 2.35 bits per heavy atom. The van der Waals surface area contributed by atoms with Gasteiger partial charge in [0.1, 0.15) is 5.82 Å². The first-order chi connectivity index (χ1) is 11.1. The Hall–Kier alpha value is -1.70. The summed E-state index contributed by atoms with van der Waals surface area (Å²) >= 11 is 1.68. The number of hydrogen-bond acceptors (Lipinski definition) is 5. The Bertz CT molecular complexity index is 640. The Kier molecular flexibility index (Phi) is 5.09. The molecule has 124 valence electrons. The van der Waals surface area contributed by atoms with Crippen LogP contribution in [-0.4, -0.2) is 52.4 Å². The lowest BCUT2D eigenvalue weighted by atomic mass is 10.2. The molecular formula is C16H22N4O2S. The highest BCUT2D eigenvalue weighted by molar-refractivity contribution is 7.09. The van der Waals surface area contributed by atoms with Crippen molar-refractivity contribution >= 4 is 23.1 Å². The van der Waals surface area contributed by atoms with Crippen molar-refractivity contribution in [1.82, 2.24) is 14.7 Å². The molecule has 3 rings (SSSR count). The third-order valence-corrected chi connectivity index (χ3v) is 4.81. The maximum Gasteiger partial charge on any atom is 0.239 e. The number of morpholine rings is 1. The third kappa shape index (κ3) is 4.19. The van der Waals surface area contributed by atoms with Gasteiger partial charge in [0, 0.05) is 23.5 Å². The lowest BCUT2D eigenvalue weighted by molar-refractivity contribution is -0.121. The van der Waals surface area contributed by atoms with Gasteiger partial charge in [0.15, 0.2) is 0 Å². The van der Waals surface area contributed by atoms with E-state index >= 15 is 0 Å². The molecule has 1 amide bonds. The van der Waals surface area contributed by atoms with Crippen LogP contribution in [0.25, 0.3) is 0 Å². The molecule has 2 atom stereocenters. The van der Waals surface area contributed by atoms with E-state index in [0.717, 1.165) is 12.4 Å². The molecular weight excluding hydrogens is 312 g/mol. The number of carbonyl (C=O) groups excluding carboxylic acids is 1. The number of rotatable bonds is 5. The van der Waals surface area contributed by atoms with E-state index < -0.39 is 0 Å². The van der Waals surface area contributed by atoms with E-state index in [1.54, 1.807) is 17.5 Å². The second-order valence-corrected chi connectivity index (χ2v) is 6.96. The predicted molar refractivity (Wildman–Crippen MR) is 90.7 cm³/mol. The van der Waals surface area contributed by atoms with Crippen molar-refractivity contribution in [3.8, 4) is 0 Å². The third-order valence-electron chi connectivity index (χ3n) is 3.95. The molecule has 1 aliphatic heterocycles. The molecule has 0 spiro atoms. The van der Waals surface area contributed by atoms with E-state index in [9.17, 15) is 4.79 Å². The van der Waals surface area contributed by atoms with Gasteiger partial charge >= 0.3 is 0 Å². The predicted octanol–water partition coefficient (Wildman–Crippen LogP) is 2.04. The molecule has 0 saturated carbocycles. The number of thiophene rings is 1. The van der Waals surface area contributed by atoms with Crippen molar-refractivity contribution < 1.29 is 9.53 Å². The van der Waals surface area contributed by atoms with Gasteiger partial charge in [-0.2, -0.15) is 5.10 Å². The molecule has 0 radical (unpaired) electrons. The first-order valence-electron chi connectivity index (χ1n) is 7.81. The molecule has 3 heterocycles. The quantitative estimate of drug-likeness (QED) is 0.909. The largest absolute Gasteiger partial charge is 0.376 e. The van der Waals surface area contributed by atoms with Gasteiger partial charge in [-0.05, 0) is 25.3 Å². The highest BCUT2D eigenvalue weighted by Gasteiger charge is 2.25. The van der Waals surface area contributed by atoms with E-state index in [1.807, 2.05) is 29.1 Å². The van der Waals surface area contributed by atoms with E-state index in [-0.39, 0.29) is 18.1 Å². The average molecular weight is 334 g/mol. The maximum absolute atomic E-state index is 12.4. The zero-order chi connectivity index (χ0) is 16.2. The van der Waals surface area contributed by atoms with Crippen LogP contribution < -0.4 is 5.32 Å². The van der Waals surface area contributed by atoms with E-state index in [1.165, 1.54) is 4.88 Å². The molecule has 1 saturated heterocycles. The van der Waals surface area contributed by atoms with Crippen LogP contribution in [-0.2, 0) is 16.1 Å². The molecule has 1 fully saturated rings. The Morgan fingerprint density at radius 1 is 1.48 bits per heavy atom.